The molecule has 0 bridgehead atoms. The van der Waals surface area contributed by atoms with Crippen LogP contribution in [0.5, 0.6) is 0 Å². The first-order valence-corrected chi connectivity index (χ1v) is 5.15. The van der Waals surface area contributed by atoms with Crippen LogP contribution in [0.4, 0.5) is 5.69 Å². The van der Waals surface area contributed by atoms with Crippen molar-refractivity contribution in [3.63, 3.8) is 0 Å². The summed E-state index contributed by atoms with van der Waals surface area (Å²) < 4.78 is 0. The summed E-state index contributed by atoms with van der Waals surface area (Å²) in [6, 6.07) is 6.46. The number of nitro groups is 1. The van der Waals surface area contributed by atoms with Crippen molar-refractivity contribution in [3.8, 4) is 0 Å². The van der Waals surface area contributed by atoms with Crippen LogP contribution in [0, 0.1) is 10.1 Å². The minimum absolute atomic E-state index is 0. The van der Waals surface area contributed by atoms with Gasteiger partial charge in [0.1, 0.15) is 0 Å². The Balaban J connectivity index is 0.00000225. The lowest BCUT2D eigenvalue weighted by Crippen LogP contribution is -2.09. The van der Waals surface area contributed by atoms with E-state index in [0.717, 1.165) is 24.8 Å². The van der Waals surface area contributed by atoms with Crippen molar-refractivity contribution in [1.29, 1.82) is 0 Å². The van der Waals surface area contributed by atoms with Gasteiger partial charge < -0.3 is 5.73 Å². The zero-order chi connectivity index (χ0) is 11.3. The standard InChI is InChI=1S/C11H16N2O2.ClH/c1-2-3-4-11(12)9-5-7-10(8-6-9)13(14)15;/h5-8,11H,2-4,12H2,1H3;1H/t11-;/m0./s1. The predicted octanol–water partition coefficient (Wildman–Crippen LogP) is 3.21. The molecule has 1 rings (SSSR count). The molecule has 0 aromatic heterocycles. The molecule has 0 spiro atoms. The molecule has 2 N–H and O–H groups in total. The second kappa shape index (κ2) is 7.19. The molecule has 0 heterocycles. The quantitative estimate of drug-likeness (QED) is 0.639. The van der Waals surface area contributed by atoms with Crippen LogP contribution in [0.2, 0.25) is 0 Å². The fraction of sp³-hybridized carbons (Fsp3) is 0.455. The molecule has 5 heteroatoms. The van der Waals surface area contributed by atoms with Crippen molar-refractivity contribution in [3.05, 3.63) is 39.9 Å². The van der Waals surface area contributed by atoms with Crippen LogP contribution in [0.25, 0.3) is 0 Å². The normalized spacial score (nSPS) is 11.6. The number of nitrogens with zero attached hydrogens (tertiary/aromatic N) is 1. The summed E-state index contributed by atoms with van der Waals surface area (Å²) in [6.07, 6.45) is 3.12. The van der Waals surface area contributed by atoms with Crippen LogP contribution >= 0.6 is 12.4 Å². The molecule has 0 aliphatic rings. The van der Waals surface area contributed by atoms with Gasteiger partial charge in [0.15, 0.2) is 0 Å². The Hall–Kier alpha value is -1.13. The minimum atomic E-state index is -0.401. The second-order valence-electron chi connectivity index (χ2n) is 3.60. The Morgan fingerprint density at radius 1 is 1.38 bits per heavy atom. The largest absolute Gasteiger partial charge is 0.324 e. The Labute approximate surface area is 101 Å². The average Bonchev–Trinajstić information content (AvgIpc) is 2.26. The van der Waals surface area contributed by atoms with Crippen LogP contribution in [0.1, 0.15) is 37.8 Å². The Morgan fingerprint density at radius 2 is 1.94 bits per heavy atom. The van der Waals surface area contributed by atoms with Crippen molar-refractivity contribution in [2.75, 3.05) is 0 Å². The lowest BCUT2D eigenvalue weighted by molar-refractivity contribution is -0.384. The van der Waals surface area contributed by atoms with E-state index in [2.05, 4.69) is 6.92 Å². The maximum Gasteiger partial charge on any atom is 0.269 e. The van der Waals surface area contributed by atoms with E-state index in [1.165, 1.54) is 12.1 Å². The molecule has 0 saturated carbocycles. The van der Waals surface area contributed by atoms with Gasteiger partial charge in [-0.15, -0.1) is 12.4 Å². The first-order valence-electron chi connectivity index (χ1n) is 5.15. The highest BCUT2D eigenvalue weighted by Gasteiger charge is 2.08. The molecule has 1 aromatic rings. The van der Waals surface area contributed by atoms with Crippen molar-refractivity contribution >= 4 is 18.1 Å². The van der Waals surface area contributed by atoms with E-state index in [0.29, 0.717) is 0 Å². The first kappa shape index (κ1) is 14.9. The summed E-state index contributed by atoms with van der Waals surface area (Å²) in [5, 5.41) is 10.4. The van der Waals surface area contributed by atoms with Crippen LogP contribution in [0.3, 0.4) is 0 Å². The van der Waals surface area contributed by atoms with Crippen LogP contribution in [0.15, 0.2) is 24.3 Å². The second-order valence-corrected chi connectivity index (χ2v) is 3.60. The molecule has 0 amide bonds. The Kier molecular flexibility index (Phi) is 6.69. The van der Waals surface area contributed by atoms with Gasteiger partial charge in [0.05, 0.1) is 4.92 Å². The number of hydrogen-bond acceptors (Lipinski definition) is 3. The van der Waals surface area contributed by atoms with E-state index in [1.807, 2.05) is 0 Å². The van der Waals surface area contributed by atoms with Gasteiger partial charge in [0.2, 0.25) is 0 Å². The van der Waals surface area contributed by atoms with Crippen molar-refractivity contribution in [2.45, 2.75) is 32.2 Å². The SMILES string of the molecule is CCCC[C@H](N)c1ccc([N+](=O)[O-])cc1.Cl. The fourth-order valence-electron chi connectivity index (χ4n) is 1.43. The van der Waals surface area contributed by atoms with Crippen molar-refractivity contribution < 1.29 is 4.92 Å². The number of benzene rings is 1. The Bertz CT molecular complexity index is 327. The average molecular weight is 245 g/mol. The highest BCUT2D eigenvalue weighted by Crippen LogP contribution is 2.19. The molecule has 0 aliphatic carbocycles. The highest BCUT2D eigenvalue weighted by atomic mass is 35.5. The molecule has 4 nitrogen and oxygen atoms in total. The Morgan fingerprint density at radius 3 is 2.38 bits per heavy atom. The molecule has 16 heavy (non-hydrogen) atoms. The molecule has 0 fully saturated rings. The van der Waals surface area contributed by atoms with E-state index >= 15 is 0 Å². The van der Waals surface area contributed by atoms with Crippen molar-refractivity contribution in [2.24, 2.45) is 5.73 Å². The van der Waals surface area contributed by atoms with Gasteiger partial charge >= 0.3 is 0 Å². The van der Waals surface area contributed by atoms with Gasteiger partial charge in [-0.2, -0.15) is 0 Å². The molecule has 0 aliphatic heterocycles. The van der Waals surface area contributed by atoms with E-state index in [4.69, 9.17) is 5.73 Å². The summed E-state index contributed by atoms with van der Waals surface area (Å²) in [7, 11) is 0. The number of nitro benzene ring substituents is 1. The summed E-state index contributed by atoms with van der Waals surface area (Å²) >= 11 is 0. The summed E-state index contributed by atoms with van der Waals surface area (Å²) in [6.45, 7) is 2.11. The van der Waals surface area contributed by atoms with Crippen LogP contribution in [-0.2, 0) is 0 Å². The molecule has 0 unspecified atom stereocenters. The number of non-ortho nitro benzene ring substituents is 1. The minimum Gasteiger partial charge on any atom is -0.324 e. The van der Waals surface area contributed by atoms with Gasteiger partial charge in [-0.1, -0.05) is 31.9 Å². The third-order valence-electron chi connectivity index (χ3n) is 2.40. The van der Waals surface area contributed by atoms with Gasteiger partial charge in [-0.25, -0.2) is 0 Å². The first-order chi connectivity index (χ1) is 7.15. The number of hydrogen-bond donors (Lipinski definition) is 1. The summed E-state index contributed by atoms with van der Waals surface area (Å²) in [5.41, 5.74) is 7.02. The highest BCUT2D eigenvalue weighted by molar-refractivity contribution is 5.85. The summed E-state index contributed by atoms with van der Waals surface area (Å²) in [4.78, 5) is 10.0. The van der Waals surface area contributed by atoms with Gasteiger partial charge in [0, 0.05) is 18.2 Å². The molecule has 1 aromatic carbocycles. The topological polar surface area (TPSA) is 69.2 Å². The van der Waals surface area contributed by atoms with Gasteiger partial charge in [0.25, 0.3) is 5.69 Å². The zero-order valence-electron chi connectivity index (χ0n) is 9.26. The van der Waals surface area contributed by atoms with E-state index in [-0.39, 0.29) is 24.1 Å². The molecular weight excluding hydrogens is 228 g/mol. The predicted molar refractivity (Wildman–Crippen MR) is 66.8 cm³/mol. The number of unbranched alkanes of at least 4 members (excludes halogenated alkanes) is 1. The van der Waals surface area contributed by atoms with Gasteiger partial charge in [-0.3, -0.25) is 10.1 Å². The third-order valence-corrected chi connectivity index (χ3v) is 2.40. The smallest absolute Gasteiger partial charge is 0.269 e. The molecule has 90 valence electrons. The monoisotopic (exact) mass is 244 g/mol. The lowest BCUT2D eigenvalue weighted by Gasteiger charge is -2.10. The van der Waals surface area contributed by atoms with Crippen LogP contribution < -0.4 is 5.73 Å². The van der Waals surface area contributed by atoms with Crippen LogP contribution in [-0.4, -0.2) is 4.92 Å². The van der Waals surface area contributed by atoms with E-state index in [1.54, 1.807) is 12.1 Å². The van der Waals surface area contributed by atoms with E-state index in [9.17, 15) is 10.1 Å². The van der Waals surface area contributed by atoms with Crippen molar-refractivity contribution in [1.82, 2.24) is 0 Å². The van der Waals surface area contributed by atoms with Gasteiger partial charge in [-0.05, 0) is 12.0 Å². The number of nitrogens with two attached hydrogens (primary N) is 1. The maximum absolute atomic E-state index is 10.4. The van der Waals surface area contributed by atoms with E-state index < -0.39 is 4.92 Å². The molecule has 0 radical (unpaired) electrons. The zero-order valence-corrected chi connectivity index (χ0v) is 10.1. The molecule has 1 atom stereocenters. The number of rotatable bonds is 5. The number of halogens is 1. The third kappa shape index (κ3) is 4.16. The molecular formula is C11H17ClN2O2. The lowest BCUT2D eigenvalue weighted by atomic mass is 10.0. The fourth-order valence-corrected chi connectivity index (χ4v) is 1.43. The summed E-state index contributed by atoms with van der Waals surface area (Å²) in [5.74, 6) is 0. The maximum atomic E-state index is 10.4. The molecule has 0 saturated heterocycles.